The summed E-state index contributed by atoms with van der Waals surface area (Å²) in [7, 11) is 1.61. The van der Waals surface area contributed by atoms with E-state index in [2.05, 4.69) is 0 Å². The fourth-order valence-electron chi connectivity index (χ4n) is 4.15. The minimum atomic E-state index is -0.0705. The molecule has 0 bridgehead atoms. The second-order valence-corrected chi connectivity index (χ2v) is 7.52. The van der Waals surface area contributed by atoms with Crippen LogP contribution in [0.15, 0.2) is 45.6 Å². The van der Waals surface area contributed by atoms with Crippen molar-refractivity contribution in [3.8, 4) is 22.6 Å². The number of likely N-dealkylation sites (tertiary alicyclic amines) is 1. The van der Waals surface area contributed by atoms with Crippen LogP contribution in [0.5, 0.6) is 11.5 Å². The van der Waals surface area contributed by atoms with Gasteiger partial charge in [-0.05, 0) is 56.0 Å². The van der Waals surface area contributed by atoms with E-state index in [-0.39, 0.29) is 11.2 Å². The lowest BCUT2D eigenvalue weighted by Crippen LogP contribution is -3.11. The molecule has 2 N–H and O–H groups in total. The molecule has 1 aliphatic rings. The van der Waals surface area contributed by atoms with E-state index in [9.17, 15) is 9.90 Å². The zero-order valence-corrected chi connectivity index (χ0v) is 16.4. The number of fused-ring (bicyclic) bond motifs is 1. The SMILES string of the molecule is COc1ccc(-c2c(C)oc3c(C[NH+]4CCCCC4)c(O)ccc3c2=O)cc1. The molecular weight excluding hydrogens is 354 g/mol. The van der Waals surface area contributed by atoms with Gasteiger partial charge < -0.3 is 19.2 Å². The molecule has 28 heavy (non-hydrogen) atoms. The second kappa shape index (κ2) is 7.68. The number of rotatable bonds is 4. The summed E-state index contributed by atoms with van der Waals surface area (Å²) in [5.41, 5.74) is 2.52. The molecule has 0 unspecified atom stereocenters. The van der Waals surface area contributed by atoms with Gasteiger partial charge in [0.05, 0.1) is 36.7 Å². The first kappa shape index (κ1) is 18.6. The Hall–Kier alpha value is -2.79. The molecule has 4 rings (SSSR count). The number of ether oxygens (including phenoxy) is 1. The van der Waals surface area contributed by atoms with Crippen molar-refractivity contribution < 1.29 is 19.2 Å². The van der Waals surface area contributed by atoms with Crippen molar-refractivity contribution in [2.45, 2.75) is 32.7 Å². The van der Waals surface area contributed by atoms with Gasteiger partial charge in [-0.2, -0.15) is 0 Å². The number of hydrogen-bond donors (Lipinski definition) is 2. The number of phenolic OH excluding ortho intramolecular Hbond substituents is 1. The largest absolute Gasteiger partial charge is 0.507 e. The fourth-order valence-corrected chi connectivity index (χ4v) is 4.15. The van der Waals surface area contributed by atoms with Crippen molar-refractivity contribution in [2.24, 2.45) is 0 Å². The first-order chi connectivity index (χ1) is 13.6. The second-order valence-electron chi connectivity index (χ2n) is 7.52. The summed E-state index contributed by atoms with van der Waals surface area (Å²) in [6.45, 7) is 4.65. The van der Waals surface area contributed by atoms with Crippen molar-refractivity contribution in [1.29, 1.82) is 0 Å². The molecule has 0 radical (unpaired) electrons. The van der Waals surface area contributed by atoms with Crippen molar-refractivity contribution in [1.82, 2.24) is 0 Å². The number of phenols is 1. The topological polar surface area (TPSA) is 64.1 Å². The lowest BCUT2D eigenvalue weighted by Gasteiger charge is -2.24. The molecule has 2 aromatic carbocycles. The van der Waals surface area contributed by atoms with Crippen LogP contribution in [0.25, 0.3) is 22.1 Å². The van der Waals surface area contributed by atoms with E-state index in [0.29, 0.717) is 28.8 Å². The third-order valence-corrected chi connectivity index (χ3v) is 5.68. The van der Waals surface area contributed by atoms with Crippen LogP contribution in [0.1, 0.15) is 30.6 Å². The van der Waals surface area contributed by atoms with Crippen LogP contribution in [0.2, 0.25) is 0 Å². The van der Waals surface area contributed by atoms with Gasteiger partial charge in [0, 0.05) is 0 Å². The van der Waals surface area contributed by atoms with E-state index in [0.717, 1.165) is 30.0 Å². The minimum Gasteiger partial charge on any atom is -0.507 e. The Morgan fingerprint density at radius 3 is 2.46 bits per heavy atom. The van der Waals surface area contributed by atoms with Crippen LogP contribution in [0.3, 0.4) is 0 Å². The number of hydrogen-bond acceptors (Lipinski definition) is 4. The third-order valence-electron chi connectivity index (χ3n) is 5.68. The van der Waals surface area contributed by atoms with Gasteiger partial charge in [-0.25, -0.2) is 0 Å². The molecule has 1 aliphatic heterocycles. The monoisotopic (exact) mass is 380 g/mol. The van der Waals surface area contributed by atoms with E-state index in [1.165, 1.54) is 24.2 Å². The summed E-state index contributed by atoms with van der Waals surface area (Å²) >= 11 is 0. The Kier molecular flexibility index (Phi) is 5.09. The maximum atomic E-state index is 13.3. The van der Waals surface area contributed by atoms with Crippen molar-refractivity contribution >= 4 is 11.0 Å². The predicted octanol–water partition coefficient (Wildman–Crippen LogP) is 3.05. The molecule has 1 aromatic heterocycles. The van der Waals surface area contributed by atoms with Crippen LogP contribution in [-0.2, 0) is 6.54 Å². The standard InChI is InChI=1S/C23H25NO4/c1-15-21(16-6-8-17(27-2)9-7-16)22(26)18-10-11-20(25)19(23(18)28-15)14-24-12-4-3-5-13-24/h6-11,25H,3-5,12-14H2,1-2H3/p+1. The van der Waals surface area contributed by atoms with Crippen LogP contribution < -0.4 is 15.1 Å². The van der Waals surface area contributed by atoms with Gasteiger partial charge in [0.1, 0.15) is 23.8 Å². The molecule has 5 heteroatoms. The van der Waals surface area contributed by atoms with Crippen LogP contribution in [0.4, 0.5) is 0 Å². The number of aryl methyl sites for hydroxylation is 1. The number of piperidine rings is 1. The number of methoxy groups -OCH3 is 1. The van der Waals surface area contributed by atoms with E-state index >= 15 is 0 Å². The van der Waals surface area contributed by atoms with E-state index in [1.807, 2.05) is 31.2 Å². The highest BCUT2D eigenvalue weighted by Crippen LogP contribution is 2.30. The van der Waals surface area contributed by atoms with Gasteiger partial charge in [-0.3, -0.25) is 4.79 Å². The Labute approximate surface area is 164 Å². The Balaban J connectivity index is 1.83. The quantitative estimate of drug-likeness (QED) is 0.730. The highest BCUT2D eigenvalue weighted by molar-refractivity contribution is 5.86. The van der Waals surface area contributed by atoms with Gasteiger partial charge >= 0.3 is 0 Å². The predicted molar refractivity (Wildman–Crippen MR) is 109 cm³/mol. The van der Waals surface area contributed by atoms with Gasteiger partial charge in [0.25, 0.3) is 0 Å². The molecule has 0 amide bonds. The molecule has 3 aromatic rings. The molecule has 0 saturated carbocycles. The Morgan fingerprint density at radius 2 is 1.79 bits per heavy atom. The van der Waals surface area contributed by atoms with E-state index in [4.69, 9.17) is 9.15 Å². The number of benzene rings is 2. The molecule has 1 saturated heterocycles. The number of quaternary nitrogens is 1. The summed E-state index contributed by atoms with van der Waals surface area (Å²) in [6, 6.07) is 10.7. The number of nitrogens with one attached hydrogen (secondary N) is 1. The van der Waals surface area contributed by atoms with E-state index in [1.54, 1.807) is 19.2 Å². The first-order valence-corrected chi connectivity index (χ1v) is 9.84. The fraction of sp³-hybridized carbons (Fsp3) is 0.348. The third kappa shape index (κ3) is 3.38. The molecule has 0 aliphatic carbocycles. The number of aromatic hydroxyl groups is 1. The van der Waals surface area contributed by atoms with Crippen LogP contribution in [-0.4, -0.2) is 25.3 Å². The molecule has 1 fully saturated rings. The Morgan fingerprint density at radius 1 is 1.07 bits per heavy atom. The van der Waals surface area contributed by atoms with Gasteiger partial charge in [0.2, 0.25) is 5.43 Å². The van der Waals surface area contributed by atoms with E-state index < -0.39 is 0 Å². The maximum absolute atomic E-state index is 13.3. The van der Waals surface area contributed by atoms with Crippen LogP contribution >= 0.6 is 0 Å². The van der Waals surface area contributed by atoms with Crippen molar-refractivity contribution in [3.05, 3.63) is 57.9 Å². The normalized spacial score (nSPS) is 15.1. The first-order valence-electron chi connectivity index (χ1n) is 9.84. The molecule has 5 nitrogen and oxygen atoms in total. The zero-order valence-electron chi connectivity index (χ0n) is 16.4. The zero-order chi connectivity index (χ0) is 19.7. The molecule has 0 spiro atoms. The average Bonchev–Trinajstić information content (AvgIpc) is 2.71. The minimum absolute atomic E-state index is 0.0705. The molecular formula is C23H26NO4+. The summed E-state index contributed by atoms with van der Waals surface area (Å²) < 4.78 is 11.3. The summed E-state index contributed by atoms with van der Waals surface area (Å²) in [5, 5.41) is 11.0. The van der Waals surface area contributed by atoms with Gasteiger partial charge in [-0.15, -0.1) is 0 Å². The molecule has 2 heterocycles. The highest BCUT2D eigenvalue weighted by atomic mass is 16.5. The van der Waals surface area contributed by atoms with Crippen LogP contribution in [0, 0.1) is 6.92 Å². The molecule has 0 atom stereocenters. The lowest BCUT2D eigenvalue weighted by atomic mass is 10.0. The highest BCUT2D eigenvalue weighted by Gasteiger charge is 2.22. The summed E-state index contributed by atoms with van der Waals surface area (Å²) in [6.07, 6.45) is 3.67. The van der Waals surface area contributed by atoms with Gasteiger partial charge in [0.15, 0.2) is 5.58 Å². The maximum Gasteiger partial charge on any atom is 0.200 e. The van der Waals surface area contributed by atoms with Crippen molar-refractivity contribution in [2.75, 3.05) is 20.2 Å². The summed E-state index contributed by atoms with van der Waals surface area (Å²) in [4.78, 5) is 14.7. The van der Waals surface area contributed by atoms with Gasteiger partial charge in [-0.1, -0.05) is 12.1 Å². The lowest BCUT2D eigenvalue weighted by molar-refractivity contribution is -0.918. The average molecular weight is 380 g/mol. The molecule has 146 valence electrons. The van der Waals surface area contributed by atoms with Crippen molar-refractivity contribution in [3.63, 3.8) is 0 Å². The smallest absolute Gasteiger partial charge is 0.200 e. The Bertz CT molecular complexity index is 1050. The summed E-state index contributed by atoms with van der Waals surface area (Å²) in [5.74, 6) is 1.50.